The molecule has 1 aliphatic rings. The van der Waals surface area contributed by atoms with E-state index < -0.39 is 17.6 Å². The number of amides is 2. The molecule has 3 rings (SSSR count). The van der Waals surface area contributed by atoms with Gasteiger partial charge in [-0.15, -0.1) is 0 Å². The van der Waals surface area contributed by atoms with E-state index in [1.165, 1.54) is 12.1 Å². The number of carbonyl (C=O) groups excluding carboxylic acids is 2. The number of piperidine rings is 1. The van der Waals surface area contributed by atoms with Crippen molar-refractivity contribution in [2.45, 2.75) is 32.0 Å². The van der Waals surface area contributed by atoms with Gasteiger partial charge in [-0.2, -0.15) is 13.2 Å². The minimum Gasteiger partial charge on any atom is -0.494 e. The molecule has 6 nitrogen and oxygen atoms in total. The first-order valence-corrected chi connectivity index (χ1v) is 10.4. The maximum atomic E-state index is 12.8. The normalized spacial score (nSPS) is 14.7. The highest BCUT2D eigenvalue weighted by atomic mass is 19.4. The van der Waals surface area contributed by atoms with E-state index in [0.29, 0.717) is 43.9 Å². The lowest BCUT2D eigenvalue weighted by atomic mass is 10.0. The minimum absolute atomic E-state index is 0.0225. The molecule has 0 spiro atoms. The average Bonchev–Trinajstić information content (AvgIpc) is 2.78. The lowest BCUT2D eigenvalue weighted by Crippen LogP contribution is -2.47. The molecular formula is C23H25F3N2O4. The Labute approximate surface area is 184 Å². The van der Waals surface area contributed by atoms with E-state index in [1.807, 2.05) is 6.92 Å². The molecule has 2 aromatic carbocycles. The Morgan fingerprint density at radius 1 is 1.03 bits per heavy atom. The van der Waals surface area contributed by atoms with Crippen LogP contribution in [0.5, 0.6) is 11.5 Å². The summed E-state index contributed by atoms with van der Waals surface area (Å²) >= 11 is 0. The van der Waals surface area contributed by atoms with Crippen molar-refractivity contribution in [3.8, 4) is 11.5 Å². The lowest BCUT2D eigenvalue weighted by molar-refractivity contribution is -0.137. The first-order valence-electron chi connectivity index (χ1n) is 10.4. The molecule has 1 saturated heterocycles. The van der Waals surface area contributed by atoms with Crippen LogP contribution in [0, 0.1) is 0 Å². The number of carbonyl (C=O) groups is 2. The van der Waals surface area contributed by atoms with E-state index >= 15 is 0 Å². The summed E-state index contributed by atoms with van der Waals surface area (Å²) in [5.74, 6) is 0.188. The molecule has 0 aromatic heterocycles. The van der Waals surface area contributed by atoms with Crippen LogP contribution in [-0.2, 0) is 11.0 Å². The zero-order valence-electron chi connectivity index (χ0n) is 17.7. The fraction of sp³-hybridized carbons (Fsp3) is 0.391. The molecule has 32 heavy (non-hydrogen) atoms. The van der Waals surface area contributed by atoms with Crippen molar-refractivity contribution in [1.29, 1.82) is 0 Å². The smallest absolute Gasteiger partial charge is 0.416 e. The van der Waals surface area contributed by atoms with Crippen LogP contribution < -0.4 is 14.8 Å². The monoisotopic (exact) mass is 450 g/mol. The Morgan fingerprint density at radius 3 is 2.34 bits per heavy atom. The van der Waals surface area contributed by atoms with Crippen LogP contribution in [0.25, 0.3) is 0 Å². The van der Waals surface area contributed by atoms with Gasteiger partial charge in [-0.1, -0.05) is 6.07 Å². The zero-order valence-corrected chi connectivity index (χ0v) is 17.7. The van der Waals surface area contributed by atoms with Crippen molar-refractivity contribution in [1.82, 2.24) is 10.2 Å². The third kappa shape index (κ3) is 6.38. The van der Waals surface area contributed by atoms with Gasteiger partial charge in [-0.25, -0.2) is 0 Å². The van der Waals surface area contributed by atoms with E-state index in [2.05, 4.69) is 5.32 Å². The maximum Gasteiger partial charge on any atom is 0.416 e. The first kappa shape index (κ1) is 23.4. The number of likely N-dealkylation sites (tertiary alicyclic amines) is 1. The summed E-state index contributed by atoms with van der Waals surface area (Å²) in [6.45, 7) is 3.04. The lowest BCUT2D eigenvalue weighted by Gasteiger charge is -2.32. The molecule has 9 heteroatoms. The highest BCUT2D eigenvalue weighted by Crippen LogP contribution is 2.31. The van der Waals surface area contributed by atoms with E-state index in [0.717, 1.165) is 12.1 Å². The third-order valence-corrected chi connectivity index (χ3v) is 5.09. The molecule has 1 heterocycles. The van der Waals surface area contributed by atoms with E-state index in [-0.39, 0.29) is 24.3 Å². The Bertz CT molecular complexity index is 924. The van der Waals surface area contributed by atoms with Crippen molar-refractivity contribution in [2.75, 3.05) is 26.3 Å². The predicted octanol–water partition coefficient (Wildman–Crippen LogP) is 3.90. The summed E-state index contributed by atoms with van der Waals surface area (Å²) in [7, 11) is 0. The van der Waals surface area contributed by atoms with Crippen LogP contribution in [0.4, 0.5) is 13.2 Å². The van der Waals surface area contributed by atoms with E-state index in [4.69, 9.17) is 9.47 Å². The summed E-state index contributed by atoms with van der Waals surface area (Å²) < 4.78 is 48.8. The molecule has 0 unspecified atom stereocenters. The predicted molar refractivity (Wildman–Crippen MR) is 112 cm³/mol. The van der Waals surface area contributed by atoms with Gasteiger partial charge in [-0.3, -0.25) is 9.59 Å². The molecule has 0 bridgehead atoms. The molecule has 2 aromatic rings. The standard InChI is InChI=1S/C23H25F3N2O4/c1-2-31-19-8-6-16(7-9-19)22(30)28-12-10-18(11-13-28)27-21(29)15-32-20-5-3-4-17(14-20)23(24,25)26/h3-9,14,18H,2,10-13,15H2,1H3,(H,27,29). The summed E-state index contributed by atoms with van der Waals surface area (Å²) in [5, 5.41) is 2.81. The quantitative estimate of drug-likeness (QED) is 0.695. The molecular weight excluding hydrogens is 425 g/mol. The number of halogens is 3. The molecule has 2 amide bonds. The number of nitrogens with zero attached hydrogens (tertiary/aromatic N) is 1. The maximum absolute atomic E-state index is 12.8. The van der Waals surface area contributed by atoms with Gasteiger partial charge < -0.3 is 19.7 Å². The summed E-state index contributed by atoms with van der Waals surface area (Å²) in [4.78, 5) is 26.5. The number of alkyl halides is 3. The van der Waals surface area contributed by atoms with Crippen LogP contribution in [0.3, 0.4) is 0 Å². The molecule has 1 fully saturated rings. The Kier molecular flexibility index (Phi) is 7.61. The van der Waals surface area contributed by atoms with Crippen LogP contribution >= 0.6 is 0 Å². The topological polar surface area (TPSA) is 67.9 Å². The van der Waals surface area contributed by atoms with Gasteiger partial charge in [0.05, 0.1) is 12.2 Å². The van der Waals surface area contributed by atoms with Crippen LogP contribution in [-0.4, -0.2) is 49.1 Å². The Morgan fingerprint density at radius 2 is 1.72 bits per heavy atom. The van der Waals surface area contributed by atoms with Crippen molar-refractivity contribution < 1.29 is 32.2 Å². The van der Waals surface area contributed by atoms with Gasteiger partial charge >= 0.3 is 6.18 Å². The number of hydrogen-bond donors (Lipinski definition) is 1. The fourth-order valence-electron chi connectivity index (χ4n) is 3.45. The van der Waals surface area contributed by atoms with Gasteiger partial charge in [0.1, 0.15) is 11.5 Å². The number of rotatable bonds is 7. The highest BCUT2D eigenvalue weighted by Gasteiger charge is 2.30. The van der Waals surface area contributed by atoms with Crippen molar-refractivity contribution in [3.05, 3.63) is 59.7 Å². The van der Waals surface area contributed by atoms with Gasteiger partial charge in [0.25, 0.3) is 11.8 Å². The van der Waals surface area contributed by atoms with Gasteiger partial charge in [-0.05, 0) is 62.2 Å². The number of ether oxygens (including phenoxy) is 2. The minimum atomic E-state index is -4.47. The van der Waals surface area contributed by atoms with Crippen LogP contribution in [0.1, 0.15) is 35.7 Å². The average molecular weight is 450 g/mol. The number of benzene rings is 2. The second-order valence-electron chi connectivity index (χ2n) is 7.41. The van der Waals surface area contributed by atoms with Crippen molar-refractivity contribution in [2.24, 2.45) is 0 Å². The largest absolute Gasteiger partial charge is 0.494 e. The second-order valence-corrected chi connectivity index (χ2v) is 7.41. The van der Waals surface area contributed by atoms with Gasteiger partial charge in [0, 0.05) is 24.7 Å². The highest BCUT2D eigenvalue weighted by molar-refractivity contribution is 5.94. The molecule has 0 aliphatic carbocycles. The third-order valence-electron chi connectivity index (χ3n) is 5.09. The van der Waals surface area contributed by atoms with E-state index in [1.54, 1.807) is 29.2 Å². The Hall–Kier alpha value is -3.23. The first-order chi connectivity index (χ1) is 15.3. The van der Waals surface area contributed by atoms with Crippen LogP contribution in [0.2, 0.25) is 0 Å². The molecule has 172 valence electrons. The summed E-state index contributed by atoms with van der Waals surface area (Å²) in [6.07, 6.45) is -3.31. The van der Waals surface area contributed by atoms with Gasteiger partial charge in [0.2, 0.25) is 0 Å². The molecule has 1 aliphatic heterocycles. The second kappa shape index (κ2) is 10.4. The summed E-state index contributed by atoms with van der Waals surface area (Å²) in [6, 6.07) is 11.2. The molecule has 1 N–H and O–H groups in total. The van der Waals surface area contributed by atoms with Gasteiger partial charge in [0.15, 0.2) is 6.61 Å². The van der Waals surface area contributed by atoms with Crippen molar-refractivity contribution in [3.63, 3.8) is 0 Å². The fourth-order valence-corrected chi connectivity index (χ4v) is 3.45. The Balaban J connectivity index is 1.43. The SMILES string of the molecule is CCOc1ccc(C(=O)N2CCC(NC(=O)COc3cccc(C(F)(F)F)c3)CC2)cc1. The molecule has 0 atom stereocenters. The van der Waals surface area contributed by atoms with Crippen molar-refractivity contribution >= 4 is 11.8 Å². The number of hydrogen-bond acceptors (Lipinski definition) is 4. The van der Waals surface area contributed by atoms with E-state index in [9.17, 15) is 22.8 Å². The molecule has 0 radical (unpaired) electrons. The van der Waals surface area contributed by atoms with Crippen LogP contribution in [0.15, 0.2) is 48.5 Å². The zero-order chi connectivity index (χ0) is 23.1. The summed E-state index contributed by atoms with van der Waals surface area (Å²) in [5.41, 5.74) is -0.259. The molecule has 0 saturated carbocycles. The number of nitrogens with one attached hydrogen (secondary N) is 1.